The van der Waals surface area contributed by atoms with Crippen LogP contribution >= 0.6 is 11.6 Å². The molecule has 1 atom stereocenters. The minimum atomic E-state index is -0.406. The number of nitrogens with one attached hydrogen (secondary N) is 1. The Morgan fingerprint density at radius 3 is 2.91 bits per heavy atom. The van der Waals surface area contributed by atoms with Crippen molar-refractivity contribution in [3.05, 3.63) is 28.8 Å². The fourth-order valence-electron chi connectivity index (χ4n) is 3.35. The van der Waals surface area contributed by atoms with E-state index in [9.17, 15) is 9.59 Å². The van der Waals surface area contributed by atoms with Crippen molar-refractivity contribution in [3.8, 4) is 5.75 Å². The normalized spacial score (nSPS) is 24.5. The highest BCUT2D eigenvalue weighted by molar-refractivity contribution is 6.31. The van der Waals surface area contributed by atoms with Crippen LogP contribution in [0.3, 0.4) is 0 Å². The fourth-order valence-corrected chi connectivity index (χ4v) is 3.58. The van der Waals surface area contributed by atoms with Gasteiger partial charge in [-0.15, -0.1) is 0 Å². The van der Waals surface area contributed by atoms with E-state index in [0.717, 1.165) is 25.8 Å². The zero-order valence-corrected chi connectivity index (χ0v) is 13.3. The van der Waals surface area contributed by atoms with E-state index >= 15 is 0 Å². The molecule has 0 aliphatic carbocycles. The molecule has 5 nitrogen and oxygen atoms in total. The van der Waals surface area contributed by atoms with Crippen molar-refractivity contribution in [2.24, 2.45) is 5.41 Å². The Bertz CT molecular complexity index is 619. The van der Waals surface area contributed by atoms with Crippen LogP contribution in [-0.4, -0.2) is 43.5 Å². The predicted octanol–water partition coefficient (Wildman–Crippen LogP) is 2.09. The largest absolute Gasteiger partial charge is 0.497 e. The molecular formula is C16H19ClN2O3. The van der Waals surface area contributed by atoms with Gasteiger partial charge in [0, 0.05) is 30.2 Å². The van der Waals surface area contributed by atoms with Crippen LogP contribution in [0.2, 0.25) is 5.02 Å². The highest BCUT2D eigenvalue weighted by atomic mass is 35.5. The molecule has 1 aromatic carbocycles. The lowest BCUT2D eigenvalue weighted by atomic mass is 9.79. The number of ether oxygens (including phenoxy) is 1. The number of carbonyl (C=O) groups is 2. The molecule has 6 heteroatoms. The number of carbonyl (C=O) groups excluding carboxylic acids is 2. The Morgan fingerprint density at radius 2 is 2.18 bits per heavy atom. The summed E-state index contributed by atoms with van der Waals surface area (Å²) in [5.41, 5.74) is 0.0916. The molecule has 22 heavy (non-hydrogen) atoms. The van der Waals surface area contributed by atoms with Gasteiger partial charge in [0.25, 0.3) is 5.91 Å². The third-order valence-corrected chi connectivity index (χ3v) is 4.81. The summed E-state index contributed by atoms with van der Waals surface area (Å²) in [4.78, 5) is 26.6. The summed E-state index contributed by atoms with van der Waals surface area (Å²) >= 11 is 6.03. The molecule has 3 rings (SSSR count). The van der Waals surface area contributed by atoms with E-state index in [0.29, 0.717) is 29.4 Å². The van der Waals surface area contributed by atoms with Crippen LogP contribution in [0.15, 0.2) is 18.2 Å². The Balaban J connectivity index is 1.79. The molecule has 2 saturated heterocycles. The first-order valence-electron chi connectivity index (χ1n) is 7.46. The van der Waals surface area contributed by atoms with E-state index in [4.69, 9.17) is 16.3 Å². The van der Waals surface area contributed by atoms with Crippen molar-refractivity contribution in [2.45, 2.75) is 19.3 Å². The minimum absolute atomic E-state index is 0.0812. The molecule has 1 aromatic rings. The Kier molecular flexibility index (Phi) is 4.00. The van der Waals surface area contributed by atoms with Crippen molar-refractivity contribution >= 4 is 23.4 Å². The molecule has 2 heterocycles. The lowest BCUT2D eigenvalue weighted by Crippen LogP contribution is -2.47. The number of likely N-dealkylation sites (tertiary alicyclic amines) is 1. The second-order valence-corrected chi connectivity index (χ2v) is 6.43. The highest BCUT2D eigenvalue weighted by Crippen LogP contribution is 2.38. The van der Waals surface area contributed by atoms with Crippen molar-refractivity contribution in [2.75, 3.05) is 26.7 Å². The number of benzene rings is 1. The summed E-state index contributed by atoms with van der Waals surface area (Å²) in [5, 5.41) is 3.39. The van der Waals surface area contributed by atoms with Gasteiger partial charge in [0.05, 0.1) is 12.5 Å². The van der Waals surface area contributed by atoms with E-state index in [1.54, 1.807) is 23.1 Å². The van der Waals surface area contributed by atoms with Crippen LogP contribution in [0.5, 0.6) is 5.75 Å². The maximum Gasteiger partial charge on any atom is 0.254 e. The maximum atomic E-state index is 12.7. The van der Waals surface area contributed by atoms with E-state index in [1.807, 2.05) is 0 Å². The third kappa shape index (κ3) is 2.65. The quantitative estimate of drug-likeness (QED) is 0.907. The molecular weight excluding hydrogens is 304 g/mol. The molecule has 1 spiro atoms. The molecule has 1 N–H and O–H groups in total. The molecule has 2 fully saturated rings. The number of hydrogen-bond donors (Lipinski definition) is 1. The average Bonchev–Trinajstić information content (AvgIpc) is 2.94. The smallest absolute Gasteiger partial charge is 0.254 e. The monoisotopic (exact) mass is 322 g/mol. The van der Waals surface area contributed by atoms with Crippen molar-refractivity contribution in [1.82, 2.24) is 10.2 Å². The number of rotatable bonds is 2. The average molecular weight is 323 g/mol. The van der Waals surface area contributed by atoms with E-state index in [2.05, 4.69) is 5.32 Å². The van der Waals surface area contributed by atoms with Gasteiger partial charge >= 0.3 is 0 Å². The van der Waals surface area contributed by atoms with E-state index in [1.165, 1.54) is 7.11 Å². The van der Waals surface area contributed by atoms with Crippen LogP contribution < -0.4 is 10.1 Å². The zero-order valence-electron chi connectivity index (χ0n) is 12.5. The molecule has 0 bridgehead atoms. The van der Waals surface area contributed by atoms with Crippen molar-refractivity contribution in [3.63, 3.8) is 0 Å². The molecule has 0 radical (unpaired) electrons. The summed E-state index contributed by atoms with van der Waals surface area (Å²) in [6.45, 7) is 1.81. The van der Waals surface area contributed by atoms with Crippen LogP contribution in [-0.2, 0) is 4.79 Å². The molecule has 118 valence electrons. The molecule has 0 aromatic heterocycles. The Hall–Kier alpha value is -1.75. The Labute approximate surface area is 134 Å². The van der Waals surface area contributed by atoms with Gasteiger partial charge in [-0.1, -0.05) is 11.6 Å². The summed E-state index contributed by atoms with van der Waals surface area (Å²) in [6, 6.07) is 4.98. The summed E-state index contributed by atoms with van der Waals surface area (Å²) in [6.07, 6.45) is 2.54. The first-order chi connectivity index (χ1) is 10.5. The van der Waals surface area contributed by atoms with Crippen molar-refractivity contribution < 1.29 is 14.3 Å². The van der Waals surface area contributed by atoms with Crippen LogP contribution in [0.4, 0.5) is 0 Å². The second kappa shape index (κ2) is 5.80. The van der Waals surface area contributed by atoms with Gasteiger partial charge in [0.15, 0.2) is 0 Å². The Morgan fingerprint density at radius 1 is 1.36 bits per heavy atom. The number of piperidine rings is 1. The summed E-state index contributed by atoms with van der Waals surface area (Å²) in [5.74, 6) is 0.536. The van der Waals surface area contributed by atoms with Gasteiger partial charge in [-0.05, 0) is 37.5 Å². The topological polar surface area (TPSA) is 58.6 Å². The molecule has 2 aliphatic rings. The molecule has 1 unspecified atom stereocenters. The molecule has 2 amide bonds. The zero-order chi connectivity index (χ0) is 15.7. The van der Waals surface area contributed by atoms with Gasteiger partial charge < -0.3 is 15.0 Å². The van der Waals surface area contributed by atoms with Gasteiger partial charge in [-0.3, -0.25) is 9.59 Å². The lowest BCUT2D eigenvalue weighted by molar-refractivity contribution is -0.132. The molecule has 0 saturated carbocycles. The lowest BCUT2D eigenvalue weighted by Gasteiger charge is -2.32. The first-order valence-corrected chi connectivity index (χ1v) is 7.84. The number of halogens is 1. The second-order valence-electron chi connectivity index (χ2n) is 6.00. The predicted molar refractivity (Wildman–Crippen MR) is 83.2 cm³/mol. The van der Waals surface area contributed by atoms with E-state index < -0.39 is 5.41 Å². The molecule has 2 aliphatic heterocycles. The van der Waals surface area contributed by atoms with Crippen molar-refractivity contribution in [1.29, 1.82) is 0 Å². The van der Waals surface area contributed by atoms with Gasteiger partial charge in [-0.2, -0.15) is 0 Å². The standard InChI is InChI=1S/C16H19ClN2O3/c1-22-13-8-11(7-12(17)9-13)14(20)19-6-4-16(10-19)3-2-5-18-15(16)21/h7-9H,2-6,10H2,1H3,(H,18,21). The van der Waals surface area contributed by atoms with Gasteiger partial charge in [-0.25, -0.2) is 0 Å². The van der Waals surface area contributed by atoms with Gasteiger partial charge in [0.2, 0.25) is 5.91 Å². The fraction of sp³-hybridized carbons (Fsp3) is 0.500. The van der Waals surface area contributed by atoms with Crippen LogP contribution in [0.1, 0.15) is 29.6 Å². The number of methoxy groups -OCH3 is 1. The minimum Gasteiger partial charge on any atom is -0.497 e. The summed E-state index contributed by atoms with van der Waals surface area (Å²) < 4.78 is 5.16. The SMILES string of the molecule is COc1cc(Cl)cc(C(=O)N2CCC3(CCCNC3=O)C2)c1. The highest BCUT2D eigenvalue weighted by Gasteiger charge is 2.46. The van der Waals surface area contributed by atoms with Crippen LogP contribution in [0, 0.1) is 5.41 Å². The number of amides is 2. The van der Waals surface area contributed by atoms with Crippen LogP contribution in [0.25, 0.3) is 0 Å². The van der Waals surface area contributed by atoms with Gasteiger partial charge in [0.1, 0.15) is 5.75 Å². The third-order valence-electron chi connectivity index (χ3n) is 4.59. The number of hydrogen-bond acceptors (Lipinski definition) is 3. The van der Waals surface area contributed by atoms with E-state index in [-0.39, 0.29) is 11.8 Å². The number of nitrogens with zero attached hydrogens (tertiary/aromatic N) is 1. The first kappa shape index (κ1) is 15.2. The summed E-state index contributed by atoms with van der Waals surface area (Å²) in [7, 11) is 1.54. The maximum absolute atomic E-state index is 12.7.